The second-order valence-electron chi connectivity index (χ2n) is 5.29. The molecule has 114 valence electrons. The van der Waals surface area contributed by atoms with Gasteiger partial charge in [-0.1, -0.05) is 20.8 Å². The summed E-state index contributed by atoms with van der Waals surface area (Å²) in [7, 11) is 0. The third-order valence-corrected chi connectivity index (χ3v) is 2.40. The van der Waals surface area contributed by atoms with E-state index in [0.29, 0.717) is 5.82 Å². The summed E-state index contributed by atoms with van der Waals surface area (Å²) in [4.78, 5) is 8.24. The van der Waals surface area contributed by atoms with Gasteiger partial charge in [0.25, 0.3) is 0 Å². The molecule has 0 aliphatic rings. The van der Waals surface area contributed by atoms with Gasteiger partial charge < -0.3 is 15.8 Å². The summed E-state index contributed by atoms with van der Waals surface area (Å²) in [5.41, 5.74) is 1.93. The smallest absolute Gasteiger partial charge is 0.382 e. The van der Waals surface area contributed by atoms with E-state index in [9.17, 15) is 13.2 Å². The van der Waals surface area contributed by atoms with Gasteiger partial charge in [-0.2, -0.15) is 13.2 Å². The van der Waals surface area contributed by atoms with E-state index in [2.05, 4.69) is 20.7 Å². The predicted molar refractivity (Wildman–Crippen MR) is 69.1 cm³/mol. The van der Waals surface area contributed by atoms with E-state index in [4.69, 9.17) is 10.9 Å². The van der Waals surface area contributed by atoms with Gasteiger partial charge >= 0.3 is 6.18 Å². The van der Waals surface area contributed by atoms with Gasteiger partial charge in [0.05, 0.1) is 6.54 Å². The first kappa shape index (κ1) is 16.4. The molecule has 20 heavy (non-hydrogen) atoms. The molecule has 1 atom stereocenters. The monoisotopic (exact) mass is 293 g/mol. The average molecular weight is 293 g/mol. The van der Waals surface area contributed by atoms with Crippen molar-refractivity contribution in [2.24, 2.45) is 5.84 Å². The summed E-state index contributed by atoms with van der Waals surface area (Å²) < 4.78 is 36.6. The van der Waals surface area contributed by atoms with Crippen molar-refractivity contribution in [2.45, 2.75) is 38.5 Å². The van der Waals surface area contributed by atoms with Crippen LogP contribution in [0.3, 0.4) is 0 Å². The van der Waals surface area contributed by atoms with Gasteiger partial charge in [0.2, 0.25) is 0 Å². The zero-order valence-electron chi connectivity index (χ0n) is 11.4. The van der Waals surface area contributed by atoms with Crippen LogP contribution < -0.4 is 16.6 Å². The summed E-state index contributed by atoms with van der Waals surface area (Å²) in [5.74, 6) is 6.10. The molecule has 0 fully saturated rings. The van der Waals surface area contributed by atoms with Crippen molar-refractivity contribution in [1.29, 1.82) is 0 Å². The lowest BCUT2D eigenvalue weighted by molar-refractivity contribution is -0.198. The van der Waals surface area contributed by atoms with Crippen LogP contribution in [0.4, 0.5) is 24.8 Å². The lowest BCUT2D eigenvalue weighted by atomic mass is 9.96. The number of alkyl halides is 3. The van der Waals surface area contributed by atoms with E-state index in [-0.39, 0.29) is 11.6 Å². The van der Waals surface area contributed by atoms with Gasteiger partial charge in [0, 0.05) is 11.5 Å². The van der Waals surface area contributed by atoms with Crippen molar-refractivity contribution >= 4 is 11.6 Å². The number of hydrazine groups is 1. The first-order valence-electron chi connectivity index (χ1n) is 5.89. The summed E-state index contributed by atoms with van der Waals surface area (Å²) in [6.07, 6.45) is -7.15. The van der Waals surface area contributed by atoms with Crippen LogP contribution in [-0.2, 0) is 5.41 Å². The third-order valence-electron chi connectivity index (χ3n) is 2.40. The highest BCUT2D eigenvalue weighted by Crippen LogP contribution is 2.23. The minimum atomic E-state index is -4.68. The van der Waals surface area contributed by atoms with E-state index in [0.717, 1.165) is 0 Å². The summed E-state index contributed by atoms with van der Waals surface area (Å²) >= 11 is 0. The molecule has 1 aromatic heterocycles. The number of aliphatic hydroxyl groups is 1. The largest absolute Gasteiger partial charge is 0.416 e. The van der Waals surface area contributed by atoms with Crippen LogP contribution in [0, 0.1) is 0 Å². The Balaban J connectivity index is 2.90. The van der Waals surface area contributed by atoms with Crippen LogP contribution in [0.25, 0.3) is 0 Å². The van der Waals surface area contributed by atoms with Gasteiger partial charge in [-0.25, -0.2) is 15.8 Å². The van der Waals surface area contributed by atoms with E-state index in [1.54, 1.807) is 0 Å². The number of nitrogens with one attached hydrogen (secondary N) is 2. The van der Waals surface area contributed by atoms with Crippen molar-refractivity contribution in [3.05, 3.63) is 11.9 Å². The zero-order valence-corrected chi connectivity index (χ0v) is 11.4. The molecule has 0 aromatic carbocycles. The first-order valence-corrected chi connectivity index (χ1v) is 5.89. The van der Waals surface area contributed by atoms with Crippen LogP contribution in [0.5, 0.6) is 0 Å². The zero-order chi connectivity index (χ0) is 15.6. The van der Waals surface area contributed by atoms with Gasteiger partial charge in [-0.05, 0) is 0 Å². The highest BCUT2D eigenvalue weighted by atomic mass is 19.4. The van der Waals surface area contributed by atoms with Crippen LogP contribution in [0.1, 0.15) is 26.6 Å². The molecular weight excluding hydrogens is 275 g/mol. The standard InChI is InChI=1S/C11H18F3N5O/c1-10(2,3)9-17-7(4-8(18-9)19-15)16-5-6(20)11(12,13)14/h4,6,20H,5,15H2,1-3H3,(H2,16,17,18,19). The van der Waals surface area contributed by atoms with Crippen LogP contribution in [-0.4, -0.2) is 33.9 Å². The van der Waals surface area contributed by atoms with Crippen LogP contribution in [0.15, 0.2) is 6.07 Å². The molecule has 9 heteroatoms. The lowest BCUT2D eigenvalue weighted by Gasteiger charge is -2.20. The number of hydrogen-bond donors (Lipinski definition) is 4. The Hall–Kier alpha value is -1.61. The fourth-order valence-electron chi connectivity index (χ4n) is 1.26. The SMILES string of the molecule is CC(C)(C)c1nc(NN)cc(NCC(O)C(F)(F)F)n1. The van der Waals surface area contributed by atoms with Crippen molar-refractivity contribution in [1.82, 2.24) is 9.97 Å². The Bertz CT molecular complexity index is 458. The maximum absolute atomic E-state index is 12.2. The molecule has 1 heterocycles. The fourth-order valence-corrected chi connectivity index (χ4v) is 1.26. The number of nitrogen functional groups attached to an aromatic ring is 1. The topological polar surface area (TPSA) is 96.1 Å². The third kappa shape index (κ3) is 4.49. The summed E-state index contributed by atoms with van der Waals surface area (Å²) in [6.45, 7) is 4.87. The number of aliphatic hydroxyl groups excluding tert-OH is 1. The molecule has 0 radical (unpaired) electrons. The molecule has 0 saturated heterocycles. The van der Waals surface area contributed by atoms with Gasteiger partial charge in [0.15, 0.2) is 6.10 Å². The van der Waals surface area contributed by atoms with Gasteiger partial charge in [0.1, 0.15) is 17.5 Å². The molecule has 0 saturated carbocycles. The van der Waals surface area contributed by atoms with Crippen molar-refractivity contribution in [2.75, 3.05) is 17.3 Å². The number of nitrogens with two attached hydrogens (primary N) is 1. The number of rotatable bonds is 4. The van der Waals surface area contributed by atoms with Crippen LogP contribution >= 0.6 is 0 Å². The minimum absolute atomic E-state index is 0.154. The molecule has 0 spiro atoms. The molecule has 1 unspecified atom stereocenters. The Morgan fingerprint density at radius 2 is 1.80 bits per heavy atom. The molecule has 0 aliphatic carbocycles. The molecule has 6 nitrogen and oxygen atoms in total. The maximum Gasteiger partial charge on any atom is 0.416 e. The number of anilines is 2. The highest BCUT2D eigenvalue weighted by Gasteiger charge is 2.38. The van der Waals surface area contributed by atoms with E-state index >= 15 is 0 Å². The Morgan fingerprint density at radius 3 is 2.25 bits per heavy atom. The van der Waals surface area contributed by atoms with Crippen molar-refractivity contribution in [3.8, 4) is 0 Å². The minimum Gasteiger partial charge on any atom is -0.382 e. The lowest BCUT2D eigenvalue weighted by Crippen LogP contribution is -2.35. The van der Waals surface area contributed by atoms with E-state index in [1.807, 2.05) is 20.8 Å². The van der Waals surface area contributed by atoms with E-state index < -0.39 is 24.2 Å². The Labute approximate surface area is 114 Å². The molecule has 0 aliphatic heterocycles. The fraction of sp³-hybridized carbons (Fsp3) is 0.636. The number of hydrogen-bond acceptors (Lipinski definition) is 6. The number of halogens is 3. The van der Waals surface area contributed by atoms with Crippen molar-refractivity contribution < 1.29 is 18.3 Å². The molecule has 1 aromatic rings. The average Bonchev–Trinajstić information content (AvgIpc) is 2.33. The second-order valence-corrected chi connectivity index (χ2v) is 5.29. The van der Waals surface area contributed by atoms with E-state index in [1.165, 1.54) is 6.07 Å². The second kappa shape index (κ2) is 5.80. The molecule has 0 amide bonds. The Kier molecular flexibility index (Phi) is 4.77. The molecule has 5 N–H and O–H groups in total. The first-order chi connectivity index (χ1) is 9.04. The summed E-state index contributed by atoms with van der Waals surface area (Å²) in [6, 6.07) is 1.36. The molecule has 0 bridgehead atoms. The molecular formula is C11H18F3N5O. The van der Waals surface area contributed by atoms with Gasteiger partial charge in [-0.15, -0.1) is 0 Å². The normalized spacial score (nSPS) is 14.0. The number of aromatic nitrogens is 2. The van der Waals surface area contributed by atoms with Gasteiger partial charge in [-0.3, -0.25) is 0 Å². The van der Waals surface area contributed by atoms with Crippen molar-refractivity contribution in [3.63, 3.8) is 0 Å². The molecule has 1 rings (SSSR count). The highest BCUT2D eigenvalue weighted by molar-refractivity contribution is 5.47. The maximum atomic E-state index is 12.2. The Morgan fingerprint density at radius 1 is 1.25 bits per heavy atom. The summed E-state index contributed by atoms with van der Waals surface area (Å²) in [5, 5.41) is 11.4. The van der Waals surface area contributed by atoms with Crippen LogP contribution in [0.2, 0.25) is 0 Å². The predicted octanol–water partition coefficient (Wildman–Crippen LogP) is 1.39. The number of nitrogens with zero attached hydrogens (tertiary/aromatic N) is 2. The quantitative estimate of drug-likeness (QED) is 0.495.